The van der Waals surface area contributed by atoms with E-state index in [4.69, 9.17) is 0 Å². The highest BCUT2D eigenvalue weighted by Gasteiger charge is 2.33. The van der Waals surface area contributed by atoms with Crippen LogP contribution >= 0.6 is 11.8 Å². The van der Waals surface area contributed by atoms with E-state index in [0.29, 0.717) is 12.1 Å². The van der Waals surface area contributed by atoms with Crippen LogP contribution < -0.4 is 0 Å². The second kappa shape index (κ2) is 7.17. The van der Waals surface area contributed by atoms with Crippen LogP contribution in [0.15, 0.2) is 28.0 Å². The summed E-state index contributed by atoms with van der Waals surface area (Å²) >= 11 is -0.617. The van der Waals surface area contributed by atoms with Gasteiger partial charge in [-0.25, -0.2) is 8.42 Å². The van der Waals surface area contributed by atoms with Crippen molar-refractivity contribution in [2.45, 2.75) is 22.2 Å². The number of halogens is 3. The van der Waals surface area contributed by atoms with E-state index in [0.717, 1.165) is 6.07 Å². The summed E-state index contributed by atoms with van der Waals surface area (Å²) in [4.78, 5) is 19.7. The number of carbonyl (C=O) groups is 1. The molecule has 0 fully saturated rings. The smallest absolute Gasteiger partial charge is 0.446 e. The van der Waals surface area contributed by atoms with Crippen LogP contribution in [0.4, 0.5) is 18.9 Å². The number of sulfone groups is 1. The van der Waals surface area contributed by atoms with Crippen molar-refractivity contribution < 1.29 is 36.0 Å². The van der Waals surface area contributed by atoms with Gasteiger partial charge < -0.3 is 4.74 Å². The second-order valence-corrected chi connectivity index (χ2v) is 7.09. The summed E-state index contributed by atoms with van der Waals surface area (Å²) in [7, 11) is -4.42. The zero-order chi connectivity index (χ0) is 17.8. The van der Waals surface area contributed by atoms with Crippen LogP contribution in [-0.2, 0) is 19.4 Å². The lowest BCUT2D eigenvalue weighted by atomic mass is 10.3. The molecule has 0 aromatic heterocycles. The number of nitrogens with zero attached hydrogens (tertiary/aromatic N) is 1. The average Bonchev–Trinajstić information content (AvgIpc) is 2.35. The highest BCUT2D eigenvalue weighted by molar-refractivity contribution is 8.00. The predicted molar refractivity (Wildman–Crippen MR) is 73.7 cm³/mol. The summed E-state index contributed by atoms with van der Waals surface area (Å²) in [5.41, 5.74) is -5.72. The molecule has 0 aliphatic carbocycles. The maximum atomic E-state index is 12.3. The number of hydrogen-bond donors (Lipinski definition) is 0. The van der Waals surface area contributed by atoms with Gasteiger partial charge in [-0.1, -0.05) is 0 Å². The van der Waals surface area contributed by atoms with Gasteiger partial charge in [0.05, 0.1) is 11.5 Å². The summed E-state index contributed by atoms with van der Waals surface area (Å²) < 4.78 is 65.3. The van der Waals surface area contributed by atoms with Crippen LogP contribution in [0.2, 0.25) is 0 Å². The van der Waals surface area contributed by atoms with Gasteiger partial charge >= 0.3 is 11.5 Å². The van der Waals surface area contributed by atoms with Crippen molar-refractivity contribution in [1.82, 2.24) is 0 Å². The molecule has 0 N–H and O–H groups in total. The molecule has 0 unspecified atom stereocenters. The van der Waals surface area contributed by atoms with Crippen LogP contribution in [0.5, 0.6) is 0 Å². The summed E-state index contributed by atoms with van der Waals surface area (Å²) in [5, 5.41) is 10.9. The Morgan fingerprint density at radius 3 is 2.48 bits per heavy atom. The van der Waals surface area contributed by atoms with Gasteiger partial charge in [0.2, 0.25) is 0 Å². The number of benzene rings is 1. The molecule has 12 heteroatoms. The molecule has 0 amide bonds. The Morgan fingerprint density at radius 2 is 2.00 bits per heavy atom. The van der Waals surface area contributed by atoms with Crippen LogP contribution in [-0.4, -0.2) is 37.2 Å². The summed E-state index contributed by atoms with van der Waals surface area (Å²) in [6, 6.07) is 1.94. The molecular formula is C11H10F3NO6S2. The van der Waals surface area contributed by atoms with Gasteiger partial charge in [0.15, 0.2) is 15.6 Å². The molecule has 0 radical (unpaired) electrons. The Hall–Kier alpha value is -1.82. The third kappa shape index (κ3) is 5.71. The number of hydrogen-bond acceptors (Lipinski definition) is 7. The zero-order valence-electron chi connectivity index (χ0n) is 11.5. The number of nitro benzene ring substituents is 1. The molecule has 1 aromatic carbocycles. The molecule has 0 aliphatic heterocycles. The Labute approximate surface area is 132 Å². The fourth-order valence-electron chi connectivity index (χ4n) is 1.54. The zero-order valence-corrected chi connectivity index (χ0v) is 13.1. The van der Waals surface area contributed by atoms with Gasteiger partial charge in [0.1, 0.15) is 4.90 Å². The van der Waals surface area contributed by atoms with Gasteiger partial charge in [-0.3, -0.25) is 14.9 Å². The van der Waals surface area contributed by atoms with E-state index in [1.165, 1.54) is 6.92 Å². The van der Waals surface area contributed by atoms with Crippen LogP contribution in [0, 0.1) is 10.1 Å². The Balaban J connectivity index is 3.26. The van der Waals surface area contributed by atoms with Crippen molar-refractivity contribution in [3.63, 3.8) is 0 Å². The molecule has 1 rings (SSSR count). The van der Waals surface area contributed by atoms with Crippen molar-refractivity contribution >= 4 is 33.3 Å². The normalized spacial score (nSPS) is 12.0. The van der Waals surface area contributed by atoms with Gasteiger partial charge in [-0.2, -0.15) is 13.2 Å². The number of ether oxygens (including phenoxy) is 1. The molecule has 0 aliphatic rings. The number of esters is 1. The number of alkyl halides is 3. The quantitative estimate of drug-likeness (QED) is 0.327. The van der Waals surface area contributed by atoms with E-state index >= 15 is 0 Å². The van der Waals surface area contributed by atoms with Crippen molar-refractivity contribution in [2.75, 3.05) is 12.4 Å². The van der Waals surface area contributed by atoms with Gasteiger partial charge in [0.25, 0.3) is 5.69 Å². The molecule has 7 nitrogen and oxygen atoms in total. The van der Waals surface area contributed by atoms with E-state index in [-0.39, 0.29) is 6.61 Å². The Bertz CT molecular complexity index is 717. The molecule has 0 bridgehead atoms. The second-order valence-electron chi connectivity index (χ2n) is 4.00. The number of nitro groups is 1. The fourth-order valence-corrected chi connectivity index (χ4v) is 3.39. The first-order chi connectivity index (χ1) is 10.5. The largest absolute Gasteiger partial charge is 0.465 e. The molecule has 0 atom stereocenters. The highest BCUT2D eigenvalue weighted by atomic mass is 32.2. The van der Waals surface area contributed by atoms with Crippen LogP contribution in [0.25, 0.3) is 0 Å². The van der Waals surface area contributed by atoms with Gasteiger partial charge in [0, 0.05) is 11.0 Å². The maximum Gasteiger partial charge on any atom is 0.446 e. The number of rotatable bonds is 6. The van der Waals surface area contributed by atoms with Crippen molar-refractivity contribution in [3.8, 4) is 0 Å². The lowest BCUT2D eigenvalue weighted by molar-refractivity contribution is -0.388. The van der Waals surface area contributed by atoms with E-state index in [1.807, 2.05) is 0 Å². The third-order valence-electron chi connectivity index (χ3n) is 2.31. The molecular weight excluding hydrogens is 363 g/mol. The summed E-state index contributed by atoms with van der Waals surface area (Å²) in [6.07, 6.45) is 0. The fraction of sp³-hybridized carbons (Fsp3) is 0.364. The average molecular weight is 373 g/mol. The summed E-state index contributed by atoms with van der Waals surface area (Å²) in [5.74, 6) is -2.26. The van der Waals surface area contributed by atoms with Gasteiger partial charge in [-0.15, -0.1) is 0 Å². The molecule has 0 spiro atoms. The monoisotopic (exact) mass is 373 g/mol. The molecule has 0 heterocycles. The third-order valence-corrected chi connectivity index (χ3v) is 4.66. The first-order valence-electron chi connectivity index (χ1n) is 5.89. The summed E-state index contributed by atoms with van der Waals surface area (Å²) in [6.45, 7) is 1.35. The Kier molecular flexibility index (Phi) is 5.99. The Morgan fingerprint density at radius 1 is 1.39 bits per heavy atom. The number of carbonyl (C=O) groups excluding carboxylic acids is 1. The van der Waals surface area contributed by atoms with E-state index in [9.17, 15) is 36.5 Å². The minimum absolute atomic E-state index is 0.0857. The molecule has 0 saturated carbocycles. The van der Waals surface area contributed by atoms with E-state index < -0.39 is 59.2 Å². The van der Waals surface area contributed by atoms with Crippen LogP contribution in [0.3, 0.4) is 0 Å². The lowest BCUT2D eigenvalue weighted by Crippen LogP contribution is -2.19. The first-order valence-corrected chi connectivity index (χ1v) is 8.35. The highest BCUT2D eigenvalue weighted by Crippen LogP contribution is 2.39. The predicted octanol–water partition coefficient (Wildman–Crippen LogP) is 2.54. The van der Waals surface area contributed by atoms with Crippen molar-refractivity contribution in [1.29, 1.82) is 0 Å². The molecule has 0 saturated heterocycles. The topological polar surface area (TPSA) is 104 Å². The SMILES string of the molecule is CCOC(=O)CS(=O)(=O)c1ccc(SC(F)(F)F)cc1[N+](=O)[O-]. The van der Waals surface area contributed by atoms with Gasteiger partial charge in [-0.05, 0) is 30.8 Å². The van der Waals surface area contributed by atoms with E-state index in [2.05, 4.69) is 4.74 Å². The van der Waals surface area contributed by atoms with Crippen LogP contribution in [0.1, 0.15) is 6.92 Å². The van der Waals surface area contributed by atoms with Crippen molar-refractivity contribution in [2.24, 2.45) is 0 Å². The minimum atomic E-state index is -4.68. The van der Waals surface area contributed by atoms with Crippen molar-refractivity contribution in [3.05, 3.63) is 28.3 Å². The van der Waals surface area contributed by atoms with E-state index in [1.54, 1.807) is 0 Å². The molecule has 128 valence electrons. The minimum Gasteiger partial charge on any atom is -0.465 e. The number of thioether (sulfide) groups is 1. The first kappa shape index (κ1) is 19.2. The molecule has 1 aromatic rings. The lowest BCUT2D eigenvalue weighted by Gasteiger charge is -2.08. The molecule has 23 heavy (non-hydrogen) atoms. The standard InChI is InChI=1S/C11H10F3NO6S2/c1-2-21-10(16)6-23(19,20)9-4-3-7(22-11(12,13)14)5-8(9)15(17)18/h3-5H,2,6H2,1H3. The maximum absolute atomic E-state index is 12.3.